The van der Waals surface area contributed by atoms with Gasteiger partial charge in [0.25, 0.3) is 0 Å². The van der Waals surface area contributed by atoms with Gasteiger partial charge in [-0.3, -0.25) is 14.5 Å². The summed E-state index contributed by atoms with van der Waals surface area (Å²) in [6.45, 7) is 5.21. The Labute approximate surface area is 102 Å². The number of amides is 1. The summed E-state index contributed by atoms with van der Waals surface area (Å²) in [4.78, 5) is 25.9. The number of nitrogens with zero attached hydrogens (tertiary/aromatic N) is 2. The number of likely N-dealkylation sites (tertiary alicyclic amines) is 1. The predicted octanol–water partition coefficient (Wildman–Crippen LogP) is 0.792. The number of carbonyl (C=O) groups is 2. The first-order valence-corrected chi connectivity index (χ1v) is 6.11. The summed E-state index contributed by atoms with van der Waals surface area (Å²) in [5.74, 6) is -0.692. The van der Waals surface area contributed by atoms with Crippen LogP contribution in [-0.2, 0) is 9.59 Å². The van der Waals surface area contributed by atoms with Crippen LogP contribution in [0, 0.1) is 0 Å². The number of likely N-dealkylation sites (N-methyl/N-ethyl adjacent to an activating group) is 1. The maximum atomic E-state index is 11.3. The lowest BCUT2D eigenvalue weighted by Gasteiger charge is -2.39. The molecular formula is C12H22N2O3. The molecule has 1 N–H and O–H groups in total. The Kier molecular flexibility index (Phi) is 4.93. The molecule has 0 aromatic heterocycles. The Morgan fingerprint density at radius 2 is 2.18 bits per heavy atom. The largest absolute Gasteiger partial charge is 0.481 e. The molecule has 2 unspecified atom stereocenters. The van der Waals surface area contributed by atoms with Crippen LogP contribution < -0.4 is 0 Å². The van der Waals surface area contributed by atoms with Gasteiger partial charge >= 0.3 is 5.97 Å². The van der Waals surface area contributed by atoms with Gasteiger partial charge in [-0.15, -0.1) is 0 Å². The molecule has 17 heavy (non-hydrogen) atoms. The smallest absolute Gasteiger partial charge is 0.304 e. The normalized spacial score (nSPS) is 23.1. The third-order valence-electron chi connectivity index (χ3n) is 3.57. The van der Waals surface area contributed by atoms with Crippen molar-refractivity contribution in [1.82, 2.24) is 9.80 Å². The Balaban J connectivity index is 2.54. The molecule has 2 atom stereocenters. The van der Waals surface area contributed by atoms with Crippen molar-refractivity contribution in [2.45, 2.75) is 45.2 Å². The molecular weight excluding hydrogens is 220 g/mol. The second-order valence-corrected chi connectivity index (χ2v) is 4.87. The van der Waals surface area contributed by atoms with E-state index >= 15 is 0 Å². The molecule has 1 amide bonds. The summed E-state index contributed by atoms with van der Waals surface area (Å²) in [5, 5.41) is 8.79. The van der Waals surface area contributed by atoms with Gasteiger partial charge in [-0.1, -0.05) is 0 Å². The number of hydrogen-bond donors (Lipinski definition) is 1. The number of rotatable bonds is 4. The number of piperidine rings is 1. The zero-order valence-electron chi connectivity index (χ0n) is 10.8. The van der Waals surface area contributed by atoms with Crippen LogP contribution in [0.4, 0.5) is 0 Å². The van der Waals surface area contributed by atoms with Crippen LogP contribution in [0.25, 0.3) is 0 Å². The van der Waals surface area contributed by atoms with Crippen molar-refractivity contribution in [3.05, 3.63) is 0 Å². The van der Waals surface area contributed by atoms with E-state index < -0.39 is 5.97 Å². The van der Waals surface area contributed by atoms with E-state index in [1.807, 2.05) is 14.0 Å². The summed E-state index contributed by atoms with van der Waals surface area (Å²) in [6, 6.07) is 0.258. The molecule has 0 aliphatic carbocycles. The molecule has 0 aromatic rings. The Bertz CT molecular complexity index is 293. The van der Waals surface area contributed by atoms with Gasteiger partial charge in [0.05, 0.1) is 6.42 Å². The summed E-state index contributed by atoms with van der Waals surface area (Å²) in [5.41, 5.74) is 0. The standard InChI is InChI=1S/C12H22N2O3/c1-9(7-12(16)17)14-6-4-5-11(8-14)13(3)10(2)15/h9,11H,4-8H2,1-3H3,(H,16,17). The fourth-order valence-corrected chi connectivity index (χ4v) is 2.34. The molecule has 1 aliphatic heterocycles. The van der Waals surface area contributed by atoms with Gasteiger partial charge in [-0.2, -0.15) is 0 Å². The van der Waals surface area contributed by atoms with Gasteiger partial charge in [0.2, 0.25) is 5.91 Å². The number of carbonyl (C=O) groups excluding carboxylic acids is 1. The lowest BCUT2D eigenvalue weighted by molar-refractivity contribution is -0.139. The Morgan fingerprint density at radius 1 is 1.53 bits per heavy atom. The average molecular weight is 242 g/mol. The van der Waals surface area contributed by atoms with Crippen LogP contribution in [0.2, 0.25) is 0 Å². The van der Waals surface area contributed by atoms with Crippen molar-refractivity contribution in [2.24, 2.45) is 0 Å². The molecule has 1 aliphatic rings. The van der Waals surface area contributed by atoms with Crippen molar-refractivity contribution >= 4 is 11.9 Å². The summed E-state index contributed by atoms with van der Waals surface area (Å²) >= 11 is 0. The SMILES string of the molecule is CC(=O)N(C)C1CCCN(C(C)CC(=O)O)C1. The van der Waals surface area contributed by atoms with Gasteiger partial charge in [-0.05, 0) is 26.3 Å². The van der Waals surface area contributed by atoms with E-state index in [9.17, 15) is 9.59 Å². The molecule has 0 saturated carbocycles. The Hall–Kier alpha value is -1.10. The lowest BCUT2D eigenvalue weighted by Crippen LogP contribution is -2.50. The topological polar surface area (TPSA) is 60.9 Å². The van der Waals surface area contributed by atoms with Crippen molar-refractivity contribution in [3.8, 4) is 0 Å². The number of carboxylic acid groups (broad SMARTS) is 1. The quantitative estimate of drug-likeness (QED) is 0.792. The second kappa shape index (κ2) is 6.00. The fraction of sp³-hybridized carbons (Fsp3) is 0.833. The average Bonchev–Trinajstić information content (AvgIpc) is 2.27. The molecule has 1 fully saturated rings. The highest BCUT2D eigenvalue weighted by Crippen LogP contribution is 2.18. The monoisotopic (exact) mass is 242 g/mol. The van der Waals surface area contributed by atoms with E-state index in [-0.39, 0.29) is 24.4 Å². The molecule has 0 bridgehead atoms. The van der Waals surface area contributed by atoms with E-state index in [1.54, 1.807) is 11.8 Å². The maximum absolute atomic E-state index is 11.3. The highest BCUT2D eigenvalue weighted by molar-refractivity contribution is 5.73. The molecule has 1 heterocycles. The first-order chi connectivity index (χ1) is 7.91. The van der Waals surface area contributed by atoms with Crippen molar-refractivity contribution < 1.29 is 14.7 Å². The van der Waals surface area contributed by atoms with E-state index in [0.29, 0.717) is 0 Å². The molecule has 5 nitrogen and oxygen atoms in total. The van der Waals surface area contributed by atoms with Gasteiger partial charge in [0.15, 0.2) is 0 Å². The van der Waals surface area contributed by atoms with Gasteiger partial charge in [0, 0.05) is 32.6 Å². The minimum absolute atomic E-state index is 0.0376. The zero-order valence-corrected chi connectivity index (χ0v) is 10.8. The van der Waals surface area contributed by atoms with Crippen LogP contribution >= 0.6 is 0 Å². The third kappa shape index (κ3) is 4.00. The van der Waals surface area contributed by atoms with Crippen LogP contribution in [0.5, 0.6) is 0 Å². The molecule has 1 saturated heterocycles. The second-order valence-electron chi connectivity index (χ2n) is 4.87. The lowest BCUT2D eigenvalue weighted by atomic mass is 10.0. The van der Waals surface area contributed by atoms with Crippen LogP contribution in [-0.4, -0.2) is 59.0 Å². The zero-order chi connectivity index (χ0) is 13.0. The van der Waals surface area contributed by atoms with E-state index in [1.165, 1.54) is 0 Å². The van der Waals surface area contributed by atoms with Crippen molar-refractivity contribution in [3.63, 3.8) is 0 Å². The summed E-state index contributed by atoms with van der Waals surface area (Å²) in [6.07, 6.45) is 2.19. The first kappa shape index (κ1) is 14.0. The first-order valence-electron chi connectivity index (χ1n) is 6.11. The predicted molar refractivity (Wildman–Crippen MR) is 64.8 cm³/mol. The number of hydrogen-bond acceptors (Lipinski definition) is 3. The summed E-state index contributed by atoms with van der Waals surface area (Å²) in [7, 11) is 1.82. The molecule has 5 heteroatoms. The van der Waals surface area contributed by atoms with E-state index in [0.717, 1.165) is 25.9 Å². The number of carboxylic acids is 1. The fourth-order valence-electron chi connectivity index (χ4n) is 2.34. The maximum Gasteiger partial charge on any atom is 0.304 e. The molecule has 98 valence electrons. The van der Waals surface area contributed by atoms with Gasteiger partial charge < -0.3 is 10.0 Å². The van der Waals surface area contributed by atoms with Gasteiger partial charge in [-0.25, -0.2) is 0 Å². The summed E-state index contributed by atoms with van der Waals surface area (Å²) < 4.78 is 0. The highest BCUT2D eigenvalue weighted by atomic mass is 16.4. The third-order valence-corrected chi connectivity index (χ3v) is 3.57. The van der Waals surface area contributed by atoms with Crippen LogP contribution in [0.3, 0.4) is 0 Å². The number of aliphatic carboxylic acids is 1. The Morgan fingerprint density at radius 3 is 2.71 bits per heavy atom. The van der Waals surface area contributed by atoms with Crippen LogP contribution in [0.15, 0.2) is 0 Å². The van der Waals surface area contributed by atoms with E-state index in [4.69, 9.17) is 5.11 Å². The molecule has 0 radical (unpaired) electrons. The minimum Gasteiger partial charge on any atom is -0.481 e. The van der Waals surface area contributed by atoms with Crippen molar-refractivity contribution in [1.29, 1.82) is 0 Å². The molecule has 0 spiro atoms. The minimum atomic E-state index is -0.764. The highest BCUT2D eigenvalue weighted by Gasteiger charge is 2.27. The molecule has 1 rings (SSSR count). The molecule has 0 aromatic carbocycles. The van der Waals surface area contributed by atoms with Gasteiger partial charge in [0.1, 0.15) is 0 Å². The van der Waals surface area contributed by atoms with Crippen LogP contribution in [0.1, 0.15) is 33.1 Å². The van der Waals surface area contributed by atoms with E-state index in [2.05, 4.69) is 4.90 Å². The van der Waals surface area contributed by atoms with Crippen molar-refractivity contribution in [2.75, 3.05) is 20.1 Å².